The van der Waals surface area contributed by atoms with Crippen molar-refractivity contribution < 1.29 is 13.5 Å². The summed E-state index contributed by atoms with van der Waals surface area (Å²) >= 11 is 0. The average molecular weight is 321 g/mol. The Morgan fingerprint density at radius 2 is 1.78 bits per heavy atom. The van der Waals surface area contributed by atoms with Crippen molar-refractivity contribution in [2.24, 2.45) is 5.73 Å². The minimum atomic E-state index is -0.752. The summed E-state index contributed by atoms with van der Waals surface area (Å²) < 4.78 is 32.2. The van der Waals surface area contributed by atoms with Crippen molar-refractivity contribution in [1.82, 2.24) is 0 Å². The Bertz CT molecular complexity index is 681. The summed E-state index contributed by atoms with van der Waals surface area (Å²) in [4.78, 5) is 0. The van der Waals surface area contributed by atoms with E-state index in [1.165, 1.54) is 19.2 Å². The normalized spacial score (nSPS) is 10.7. The molecule has 6 heteroatoms. The van der Waals surface area contributed by atoms with Crippen LogP contribution in [0.1, 0.15) is 23.6 Å². The smallest absolute Gasteiger partial charge is 0.190 e. The molecule has 23 heavy (non-hydrogen) atoms. The highest BCUT2D eigenvalue weighted by Gasteiger charge is 2.13. The van der Waals surface area contributed by atoms with Crippen LogP contribution >= 0.6 is 0 Å². The average Bonchev–Trinajstić information content (AvgIpc) is 2.52. The summed E-state index contributed by atoms with van der Waals surface area (Å²) in [6, 6.07) is 6.17. The van der Waals surface area contributed by atoms with Crippen molar-refractivity contribution in [2.45, 2.75) is 26.4 Å². The molecule has 0 spiro atoms. The molecule has 0 bridgehead atoms. The van der Waals surface area contributed by atoms with Gasteiger partial charge in [0.1, 0.15) is 0 Å². The minimum absolute atomic E-state index is 0.308. The zero-order chi connectivity index (χ0) is 17.0. The van der Waals surface area contributed by atoms with Crippen molar-refractivity contribution >= 4 is 11.4 Å². The van der Waals surface area contributed by atoms with Gasteiger partial charge in [0.2, 0.25) is 0 Å². The van der Waals surface area contributed by atoms with Gasteiger partial charge >= 0.3 is 0 Å². The molecular weight excluding hydrogens is 300 g/mol. The molecule has 0 saturated carbocycles. The van der Waals surface area contributed by atoms with Gasteiger partial charge in [0, 0.05) is 36.6 Å². The van der Waals surface area contributed by atoms with Crippen LogP contribution in [0.15, 0.2) is 24.3 Å². The molecule has 0 atom stereocenters. The van der Waals surface area contributed by atoms with E-state index in [-0.39, 0.29) is 0 Å². The van der Waals surface area contributed by atoms with Crippen LogP contribution in [-0.2, 0) is 19.5 Å². The SMILES string of the molecule is CCc1ccc(N)c(CN)c1CNc1cc(F)c(OC)c(F)c1. The third kappa shape index (κ3) is 3.53. The van der Waals surface area contributed by atoms with E-state index in [1.807, 2.05) is 19.1 Å². The lowest BCUT2D eigenvalue weighted by Crippen LogP contribution is -2.12. The lowest BCUT2D eigenvalue weighted by Gasteiger charge is -2.17. The van der Waals surface area contributed by atoms with E-state index in [1.54, 1.807) is 0 Å². The van der Waals surface area contributed by atoms with E-state index in [0.717, 1.165) is 23.1 Å². The van der Waals surface area contributed by atoms with E-state index < -0.39 is 17.4 Å². The quantitative estimate of drug-likeness (QED) is 0.715. The monoisotopic (exact) mass is 321 g/mol. The van der Waals surface area contributed by atoms with Gasteiger partial charge in [0.15, 0.2) is 17.4 Å². The molecule has 2 rings (SSSR count). The van der Waals surface area contributed by atoms with Crippen LogP contribution in [0.25, 0.3) is 0 Å². The van der Waals surface area contributed by atoms with Gasteiger partial charge in [-0.05, 0) is 29.2 Å². The number of anilines is 2. The zero-order valence-electron chi connectivity index (χ0n) is 13.2. The van der Waals surface area contributed by atoms with Crippen molar-refractivity contribution in [3.8, 4) is 5.75 Å². The molecule has 0 aliphatic carbocycles. The molecule has 4 nitrogen and oxygen atoms in total. The maximum atomic E-state index is 13.7. The van der Waals surface area contributed by atoms with E-state index >= 15 is 0 Å². The molecular formula is C17H21F2N3O. The van der Waals surface area contributed by atoms with Gasteiger partial charge in [-0.25, -0.2) is 8.78 Å². The number of nitrogen functional groups attached to an aromatic ring is 1. The largest absolute Gasteiger partial charge is 0.491 e. The first-order chi connectivity index (χ1) is 11.0. The van der Waals surface area contributed by atoms with Crippen LogP contribution in [0.5, 0.6) is 5.75 Å². The van der Waals surface area contributed by atoms with Crippen molar-refractivity contribution in [2.75, 3.05) is 18.2 Å². The second-order valence-corrected chi connectivity index (χ2v) is 5.16. The summed E-state index contributed by atoms with van der Waals surface area (Å²) in [6.45, 7) is 2.72. The lowest BCUT2D eigenvalue weighted by molar-refractivity contribution is 0.360. The Labute approximate surface area is 134 Å². The summed E-state index contributed by atoms with van der Waals surface area (Å²) in [7, 11) is 1.22. The first-order valence-corrected chi connectivity index (χ1v) is 7.37. The summed E-state index contributed by atoms with van der Waals surface area (Å²) in [5.74, 6) is -1.90. The third-order valence-electron chi connectivity index (χ3n) is 3.82. The predicted molar refractivity (Wildman–Crippen MR) is 88.4 cm³/mol. The highest BCUT2D eigenvalue weighted by atomic mass is 19.1. The molecule has 5 N–H and O–H groups in total. The molecule has 0 aliphatic rings. The van der Waals surface area contributed by atoms with Gasteiger partial charge in [-0.2, -0.15) is 0 Å². The Balaban J connectivity index is 2.29. The van der Waals surface area contributed by atoms with Gasteiger partial charge in [-0.1, -0.05) is 13.0 Å². The third-order valence-corrected chi connectivity index (χ3v) is 3.82. The second kappa shape index (κ2) is 7.28. The maximum absolute atomic E-state index is 13.7. The fourth-order valence-corrected chi connectivity index (χ4v) is 2.60. The Kier molecular flexibility index (Phi) is 5.39. The van der Waals surface area contributed by atoms with E-state index in [0.29, 0.717) is 24.5 Å². The molecule has 0 radical (unpaired) electrons. The number of aryl methyl sites for hydroxylation is 1. The molecule has 0 amide bonds. The molecule has 124 valence electrons. The van der Waals surface area contributed by atoms with Crippen LogP contribution in [0, 0.1) is 11.6 Å². The van der Waals surface area contributed by atoms with Gasteiger partial charge in [-0.15, -0.1) is 0 Å². The number of nitrogens with two attached hydrogens (primary N) is 2. The van der Waals surface area contributed by atoms with Crippen molar-refractivity contribution in [3.05, 3.63) is 52.6 Å². The maximum Gasteiger partial charge on any atom is 0.190 e. The summed E-state index contributed by atoms with van der Waals surface area (Å²) in [5, 5.41) is 3.02. The molecule has 2 aromatic carbocycles. The zero-order valence-corrected chi connectivity index (χ0v) is 13.2. The number of rotatable bonds is 6. The van der Waals surface area contributed by atoms with Crippen LogP contribution in [0.2, 0.25) is 0 Å². The topological polar surface area (TPSA) is 73.3 Å². The minimum Gasteiger partial charge on any atom is -0.491 e. The van der Waals surface area contributed by atoms with Crippen LogP contribution in [0.3, 0.4) is 0 Å². The van der Waals surface area contributed by atoms with E-state index in [9.17, 15) is 8.78 Å². The summed E-state index contributed by atoms with van der Waals surface area (Å²) in [5.41, 5.74) is 15.6. The van der Waals surface area contributed by atoms with E-state index in [4.69, 9.17) is 11.5 Å². The number of hydrogen-bond donors (Lipinski definition) is 3. The van der Waals surface area contributed by atoms with Crippen LogP contribution in [-0.4, -0.2) is 7.11 Å². The van der Waals surface area contributed by atoms with Gasteiger partial charge in [-0.3, -0.25) is 0 Å². The Morgan fingerprint density at radius 1 is 1.13 bits per heavy atom. The van der Waals surface area contributed by atoms with E-state index in [2.05, 4.69) is 10.1 Å². The lowest BCUT2D eigenvalue weighted by atomic mass is 9.97. The van der Waals surface area contributed by atoms with Gasteiger partial charge in [0.05, 0.1) is 7.11 Å². The molecule has 0 aromatic heterocycles. The van der Waals surface area contributed by atoms with Crippen molar-refractivity contribution in [1.29, 1.82) is 0 Å². The van der Waals surface area contributed by atoms with Crippen LogP contribution < -0.4 is 21.5 Å². The summed E-state index contributed by atoms with van der Waals surface area (Å²) in [6.07, 6.45) is 0.815. The molecule has 0 unspecified atom stereocenters. The number of halogens is 2. The highest BCUT2D eigenvalue weighted by molar-refractivity contribution is 5.56. The number of nitrogens with one attached hydrogen (secondary N) is 1. The molecule has 0 saturated heterocycles. The molecule has 0 heterocycles. The fourth-order valence-electron chi connectivity index (χ4n) is 2.60. The predicted octanol–water partition coefficient (Wildman–Crippen LogP) is 3.19. The molecule has 2 aromatic rings. The Morgan fingerprint density at radius 3 is 2.30 bits per heavy atom. The van der Waals surface area contributed by atoms with Gasteiger partial charge in [0.25, 0.3) is 0 Å². The second-order valence-electron chi connectivity index (χ2n) is 5.16. The molecule has 0 fully saturated rings. The Hall–Kier alpha value is -2.34. The van der Waals surface area contributed by atoms with Gasteiger partial charge < -0.3 is 21.5 Å². The highest BCUT2D eigenvalue weighted by Crippen LogP contribution is 2.27. The number of hydrogen-bond acceptors (Lipinski definition) is 4. The number of methoxy groups -OCH3 is 1. The standard InChI is InChI=1S/C17H21F2N3O/c1-3-10-4-5-16(21)12(8-20)13(10)9-22-11-6-14(18)17(23-2)15(19)7-11/h4-7,22H,3,8-9,20-21H2,1-2H3. The van der Waals surface area contributed by atoms with Crippen molar-refractivity contribution in [3.63, 3.8) is 0 Å². The number of ether oxygens (including phenoxy) is 1. The van der Waals surface area contributed by atoms with Crippen LogP contribution in [0.4, 0.5) is 20.2 Å². The molecule has 0 aliphatic heterocycles. The first-order valence-electron chi connectivity index (χ1n) is 7.37. The number of benzene rings is 2. The fraction of sp³-hybridized carbons (Fsp3) is 0.294. The first kappa shape index (κ1) is 17.0.